The summed E-state index contributed by atoms with van der Waals surface area (Å²) >= 11 is 1.93. The van der Waals surface area contributed by atoms with Gasteiger partial charge in [-0.15, -0.1) is 0 Å². The number of hydrogen-bond acceptors (Lipinski definition) is 3. The molecule has 0 atom stereocenters. The number of anilines is 6. The Morgan fingerprint density at radius 1 is 0.317 bits per heavy atom. The third-order valence-corrected chi connectivity index (χ3v) is 14.6. The molecule has 9 aromatic rings. The van der Waals surface area contributed by atoms with Gasteiger partial charge in [-0.05, 0) is 82.9 Å². The van der Waals surface area contributed by atoms with Crippen molar-refractivity contribution in [1.29, 1.82) is 0 Å². The molecule has 0 unspecified atom stereocenters. The second-order valence-electron chi connectivity index (χ2n) is 16.3. The van der Waals surface area contributed by atoms with Gasteiger partial charge in [0.25, 0.3) is 0 Å². The van der Waals surface area contributed by atoms with Crippen LogP contribution in [0.15, 0.2) is 228 Å². The molecule has 4 heterocycles. The molecule has 0 saturated heterocycles. The molecule has 9 aromatic carbocycles. The van der Waals surface area contributed by atoms with Crippen molar-refractivity contribution in [2.24, 2.45) is 0 Å². The van der Waals surface area contributed by atoms with E-state index in [1.54, 1.807) is 0 Å². The van der Waals surface area contributed by atoms with E-state index in [9.17, 15) is 0 Å². The highest BCUT2D eigenvalue weighted by molar-refractivity contribution is 8.00. The Balaban J connectivity index is 0.988. The van der Waals surface area contributed by atoms with Gasteiger partial charge in [-0.25, -0.2) is 0 Å². The first-order chi connectivity index (χ1) is 29.8. The molecule has 278 valence electrons. The summed E-state index contributed by atoms with van der Waals surface area (Å²) < 4.78 is 0. The van der Waals surface area contributed by atoms with Crippen LogP contribution in [0.5, 0.6) is 0 Å². The van der Waals surface area contributed by atoms with Gasteiger partial charge >= 0.3 is 0 Å². The lowest BCUT2D eigenvalue weighted by Gasteiger charge is -2.50. The monoisotopic (exact) mass is 778 g/mol. The molecule has 0 fully saturated rings. The highest BCUT2D eigenvalue weighted by atomic mass is 32.2. The van der Waals surface area contributed by atoms with Gasteiger partial charge < -0.3 is 9.80 Å². The number of fused-ring (bicyclic) bond motifs is 12. The fraction of sp³-hybridized carbons (Fsp3) is 0.0182. The lowest BCUT2D eigenvalue weighted by atomic mass is 9.26. The van der Waals surface area contributed by atoms with E-state index in [1.807, 2.05) is 11.8 Å². The average molecular weight is 779 g/mol. The molecule has 0 saturated carbocycles. The van der Waals surface area contributed by atoms with Gasteiger partial charge in [-0.1, -0.05) is 202 Å². The third kappa shape index (κ3) is 4.58. The molecule has 1 spiro atoms. The lowest BCUT2D eigenvalue weighted by molar-refractivity contribution is 0.754. The lowest BCUT2D eigenvalue weighted by Crippen LogP contribution is -2.68. The van der Waals surface area contributed by atoms with E-state index >= 15 is 0 Å². The molecule has 0 aromatic heterocycles. The van der Waals surface area contributed by atoms with E-state index < -0.39 is 5.41 Å². The van der Waals surface area contributed by atoms with Crippen LogP contribution in [0, 0.1) is 0 Å². The summed E-state index contributed by atoms with van der Waals surface area (Å²) in [5.41, 5.74) is 20.3. The topological polar surface area (TPSA) is 6.48 Å². The number of rotatable bonds is 3. The summed E-state index contributed by atoms with van der Waals surface area (Å²) in [7, 11) is 0. The first-order valence-electron chi connectivity index (χ1n) is 20.9. The first-order valence-corrected chi connectivity index (χ1v) is 21.7. The van der Waals surface area contributed by atoms with Crippen molar-refractivity contribution >= 4 is 92.1 Å². The molecule has 0 bridgehead atoms. The molecule has 4 aliphatic rings. The minimum absolute atomic E-state index is 0.0612. The number of benzene rings is 9. The zero-order valence-electron chi connectivity index (χ0n) is 32.7. The van der Waals surface area contributed by atoms with Crippen LogP contribution in [-0.2, 0) is 5.41 Å². The van der Waals surface area contributed by atoms with Gasteiger partial charge in [0.1, 0.15) is 0 Å². The van der Waals surface area contributed by atoms with Crippen LogP contribution < -0.4 is 42.6 Å². The van der Waals surface area contributed by atoms with Crippen molar-refractivity contribution in [2.75, 3.05) is 9.80 Å². The van der Waals surface area contributed by atoms with Crippen molar-refractivity contribution in [3.8, 4) is 0 Å². The zero-order valence-corrected chi connectivity index (χ0v) is 33.6. The van der Waals surface area contributed by atoms with Crippen molar-refractivity contribution in [1.82, 2.24) is 0 Å². The Labute approximate surface area is 356 Å². The molecular weight excluding hydrogens is 742 g/mol. The van der Waals surface area contributed by atoms with Crippen LogP contribution in [0.1, 0.15) is 22.3 Å². The van der Waals surface area contributed by atoms with Gasteiger partial charge in [0.15, 0.2) is 0 Å². The predicted molar refractivity (Wildman–Crippen MR) is 254 cm³/mol. The number of nitrogens with zero attached hydrogens (tertiary/aromatic N) is 2. The highest BCUT2D eigenvalue weighted by Gasteiger charge is 2.54. The molecule has 0 N–H and O–H groups in total. The van der Waals surface area contributed by atoms with Crippen molar-refractivity contribution in [3.63, 3.8) is 0 Å². The standard InChI is InChI=1S/C55H36B2N2S/c1-2-17-38(18-3-1)58-48-27-11-13-29-50(48)59(51-30-14-12-28-49(51)58)39-35-33-37(34-36-39)56-44-23-7-4-19-40(44)55(41-20-5-8-24-45(41)56)42-21-6-9-25-46(42)57-47-26-10-15-31-52(47)60-53-32-16-22-43(55)54(53)57/h1-36H. The van der Waals surface area contributed by atoms with Gasteiger partial charge in [0.05, 0.1) is 28.2 Å². The maximum absolute atomic E-state index is 2.44. The van der Waals surface area contributed by atoms with E-state index in [2.05, 4.69) is 228 Å². The summed E-state index contributed by atoms with van der Waals surface area (Å²) in [6.07, 6.45) is 0. The molecule has 60 heavy (non-hydrogen) atoms. The molecule has 0 amide bonds. The van der Waals surface area contributed by atoms with Crippen LogP contribution in [0.25, 0.3) is 0 Å². The van der Waals surface area contributed by atoms with Gasteiger partial charge in [0.2, 0.25) is 13.4 Å². The van der Waals surface area contributed by atoms with E-state index in [1.165, 1.54) is 64.8 Å². The van der Waals surface area contributed by atoms with E-state index in [4.69, 9.17) is 0 Å². The second-order valence-corrected chi connectivity index (χ2v) is 17.4. The second kappa shape index (κ2) is 13.0. The maximum atomic E-state index is 2.44. The minimum Gasteiger partial charge on any atom is -0.306 e. The van der Waals surface area contributed by atoms with Crippen LogP contribution in [0.4, 0.5) is 34.1 Å². The molecular formula is C55H36B2N2S. The van der Waals surface area contributed by atoms with Crippen molar-refractivity contribution in [3.05, 3.63) is 241 Å². The van der Waals surface area contributed by atoms with Gasteiger partial charge in [0, 0.05) is 21.2 Å². The summed E-state index contributed by atoms with van der Waals surface area (Å²) in [6, 6.07) is 81.7. The first kappa shape index (κ1) is 34.0. The Morgan fingerprint density at radius 2 is 0.733 bits per heavy atom. The van der Waals surface area contributed by atoms with Crippen LogP contribution in [0.3, 0.4) is 0 Å². The molecule has 4 aliphatic heterocycles. The number of para-hydroxylation sites is 5. The quantitative estimate of drug-likeness (QED) is 0.165. The summed E-state index contributed by atoms with van der Waals surface area (Å²) in [5.74, 6) is 0. The SMILES string of the molecule is c1ccc(N2c3ccccc3N(c3ccc(B4c5ccccc5C5(c6ccccc64)c4ccccc4B4c6ccccc6Sc6cccc5c64)cc3)c3ccccc32)cc1. The molecule has 5 heteroatoms. The van der Waals surface area contributed by atoms with E-state index in [0.29, 0.717) is 0 Å². The molecule has 13 rings (SSSR count). The summed E-state index contributed by atoms with van der Waals surface area (Å²) in [4.78, 5) is 7.53. The molecule has 0 radical (unpaired) electrons. The largest absolute Gasteiger partial charge is 0.306 e. The summed E-state index contributed by atoms with van der Waals surface area (Å²) in [5, 5.41) is 0. The number of hydrogen-bond donors (Lipinski definition) is 0. The highest BCUT2D eigenvalue weighted by Crippen LogP contribution is 2.54. The van der Waals surface area contributed by atoms with Gasteiger partial charge in [-0.2, -0.15) is 0 Å². The third-order valence-electron chi connectivity index (χ3n) is 13.5. The zero-order chi connectivity index (χ0) is 39.4. The Morgan fingerprint density at radius 3 is 1.30 bits per heavy atom. The van der Waals surface area contributed by atoms with Crippen LogP contribution in [0.2, 0.25) is 0 Å². The van der Waals surface area contributed by atoms with E-state index in [-0.39, 0.29) is 13.4 Å². The molecule has 0 aliphatic carbocycles. The Hall–Kier alpha value is -6.94. The van der Waals surface area contributed by atoms with Crippen LogP contribution in [-0.4, -0.2) is 13.4 Å². The Kier molecular flexibility index (Phi) is 7.38. The Bertz CT molecular complexity index is 3090. The van der Waals surface area contributed by atoms with Crippen molar-refractivity contribution in [2.45, 2.75) is 15.2 Å². The fourth-order valence-corrected chi connectivity index (χ4v) is 12.4. The average Bonchev–Trinajstić information content (AvgIpc) is 3.32. The van der Waals surface area contributed by atoms with Crippen molar-refractivity contribution < 1.29 is 0 Å². The van der Waals surface area contributed by atoms with Crippen LogP contribution >= 0.6 is 11.8 Å². The summed E-state index contributed by atoms with van der Waals surface area (Å²) in [6.45, 7) is 0.246. The smallest absolute Gasteiger partial charge is 0.245 e. The van der Waals surface area contributed by atoms with Gasteiger partial charge in [-0.3, -0.25) is 0 Å². The normalized spacial score (nSPS) is 14.6. The predicted octanol–water partition coefficient (Wildman–Crippen LogP) is 9.45. The fourth-order valence-electron chi connectivity index (χ4n) is 11.2. The maximum Gasteiger partial charge on any atom is 0.245 e. The van der Waals surface area contributed by atoms with E-state index in [0.717, 1.165) is 34.1 Å². The molecule has 2 nitrogen and oxygen atoms in total. The minimum atomic E-state index is -0.471.